The molecule has 250 valence electrons. The average molecular weight is 597 g/mol. The van der Waals surface area contributed by atoms with Crippen LogP contribution in [0.1, 0.15) is 183 Å². The normalized spacial score (nSPS) is 16.9. The first-order valence-electron chi connectivity index (χ1n) is 18.2. The number of aliphatic hydroxyl groups is 3. The Balaban J connectivity index is 5.99. The van der Waals surface area contributed by atoms with Crippen LogP contribution in [0, 0.1) is 23.2 Å². The maximum absolute atomic E-state index is 14.5. The van der Waals surface area contributed by atoms with Crippen molar-refractivity contribution in [2.45, 2.75) is 195 Å². The number of aliphatic hydroxyl groups excluding tert-OH is 3. The van der Waals surface area contributed by atoms with E-state index in [1.165, 1.54) is 64.2 Å². The van der Waals surface area contributed by atoms with Crippen molar-refractivity contribution in [1.82, 2.24) is 0 Å². The Morgan fingerprint density at radius 1 is 0.595 bits per heavy atom. The van der Waals surface area contributed by atoms with Crippen molar-refractivity contribution in [3.8, 4) is 0 Å². The quantitative estimate of drug-likeness (QED) is 0.0567. The highest BCUT2D eigenvalue weighted by molar-refractivity contribution is 6.39. The second-order valence-electron chi connectivity index (χ2n) is 13.4. The van der Waals surface area contributed by atoms with Crippen LogP contribution in [0.25, 0.3) is 0 Å². The summed E-state index contributed by atoms with van der Waals surface area (Å²) in [5.74, 6) is -1.31. The molecule has 6 atom stereocenters. The number of hydrogen-bond acceptors (Lipinski definition) is 5. The van der Waals surface area contributed by atoms with Gasteiger partial charge in [0.1, 0.15) is 6.10 Å². The van der Waals surface area contributed by atoms with E-state index in [9.17, 15) is 24.9 Å². The molecule has 0 amide bonds. The van der Waals surface area contributed by atoms with Crippen LogP contribution in [0.4, 0.5) is 0 Å². The van der Waals surface area contributed by atoms with Crippen LogP contribution in [0.15, 0.2) is 0 Å². The first-order valence-corrected chi connectivity index (χ1v) is 18.2. The third kappa shape index (κ3) is 14.3. The van der Waals surface area contributed by atoms with Crippen molar-refractivity contribution in [3.05, 3.63) is 0 Å². The molecule has 0 fully saturated rings. The summed E-state index contributed by atoms with van der Waals surface area (Å²) in [5, 5.41) is 32.6. The summed E-state index contributed by atoms with van der Waals surface area (Å²) in [7, 11) is 0. The van der Waals surface area contributed by atoms with Gasteiger partial charge in [0.25, 0.3) is 0 Å². The van der Waals surface area contributed by atoms with Crippen molar-refractivity contribution >= 4 is 11.6 Å². The van der Waals surface area contributed by atoms with Gasteiger partial charge in [-0.2, -0.15) is 0 Å². The van der Waals surface area contributed by atoms with Crippen LogP contribution in [0.5, 0.6) is 0 Å². The van der Waals surface area contributed by atoms with Gasteiger partial charge in [-0.1, -0.05) is 157 Å². The summed E-state index contributed by atoms with van der Waals surface area (Å²) in [4.78, 5) is 28.1. The van der Waals surface area contributed by atoms with E-state index >= 15 is 0 Å². The molecule has 0 heterocycles. The molecule has 0 radical (unpaired) electrons. The molecule has 5 nitrogen and oxygen atoms in total. The largest absolute Gasteiger partial charge is 0.394 e. The van der Waals surface area contributed by atoms with E-state index in [1.807, 2.05) is 6.92 Å². The lowest BCUT2D eigenvalue weighted by Crippen LogP contribution is -2.60. The predicted octanol–water partition coefficient (Wildman–Crippen LogP) is 9.38. The molecule has 0 rings (SSSR count). The molecule has 0 aliphatic heterocycles. The molecule has 0 aromatic carbocycles. The highest BCUT2D eigenvalue weighted by atomic mass is 16.4. The van der Waals surface area contributed by atoms with Gasteiger partial charge in [-0.3, -0.25) is 9.59 Å². The number of rotatable bonds is 30. The molecule has 3 N–H and O–H groups in total. The molecule has 42 heavy (non-hydrogen) atoms. The highest BCUT2D eigenvalue weighted by Gasteiger charge is 2.58. The fourth-order valence-corrected chi connectivity index (χ4v) is 7.42. The van der Waals surface area contributed by atoms with E-state index in [1.54, 1.807) is 0 Å². The Kier molecular flexibility index (Phi) is 25.1. The van der Waals surface area contributed by atoms with Gasteiger partial charge in [0.05, 0.1) is 18.1 Å². The van der Waals surface area contributed by atoms with Crippen LogP contribution in [0.3, 0.4) is 0 Å². The number of carbonyl (C=O) groups excluding carboxylic acids is 2. The number of unbranched alkanes of at least 4 members (excludes halogenated alkanes) is 14. The molecule has 0 bridgehead atoms. The van der Waals surface area contributed by atoms with E-state index in [-0.39, 0.29) is 24.2 Å². The van der Waals surface area contributed by atoms with Gasteiger partial charge in [0, 0.05) is 6.42 Å². The molecule has 0 aliphatic carbocycles. The second-order valence-corrected chi connectivity index (χ2v) is 13.4. The monoisotopic (exact) mass is 597 g/mol. The maximum atomic E-state index is 14.5. The van der Waals surface area contributed by atoms with Crippen molar-refractivity contribution in [2.24, 2.45) is 23.2 Å². The van der Waals surface area contributed by atoms with Gasteiger partial charge in [0.2, 0.25) is 5.78 Å². The van der Waals surface area contributed by atoms with Crippen LogP contribution in [-0.2, 0) is 9.59 Å². The Morgan fingerprint density at radius 3 is 1.50 bits per heavy atom. The summed E-state index contributed by atoms with van der Waals surface area (Å²) < 4.78 is 0. The SMILES string of the molecule is CCCCCCCCCCCC(=O)C(=O)C(C(C)CCC)(C(O)C(O)CO)C(CCCCCCCCC)C(C)CCC. The Hall–Kier alpha value is -0.780. The van der Waals surface area contributed by atoms with Crippen molar-refractivity contribution < 1.29 is 24.9 Å². The molecular weight excluding hydrogens is 524 g/mol. The van der Waals surface area contributed by atoms with Crippen LogP contribution in [-0.4, -0.2) is 45.7 Å². The zero-order valence-electron chi connectivity index (χ0n) is 28.8. The van der Waals surface area contributed by atoms with Gasteiger partial charge in [-0.15, -0.1) is 0 Å². The molecule has 0 aromatic rings. The smallest absolute Gasteiger partial charge is 0.207 e. The highest BCUT2D eigenvalue weighted by Crippen LogP contribution is 2.50. The van der Waals surface area contributed by atoms with Gasteiger partial charge >= 0.3 is 0 Å². The first kappa shape index (κ1) is 41.2. The fraction of sp³-hybridized carbons (Fsp3) is 0.946. The topological polar surface area (TPSA) is 94.8 Å². The maximum Gasteiger partial charge on any atom is 0.207 e. The lowest BCUT2D eigenvalue weighted by atomic mass is 9.54. The van der Waals surface area contributed by atoms with E-state index < -0.39 is 35.8 Å². The summed E-state index contributed by atoms with van der Waals surface area (Å²) in [6, 6.07) is 0. The lowest BCUT2D eigenvalue weighted by molar-refractivity contribution is -0.173. The zero-order chi connectivity index (χ0) is 31.8. The molecule has 0 spiro atoms. The Bertz CT molecular complexity index is 665. The minimum atomic E-state index is -1.47. The third-order valence-electron chi connectivity index (χ3n) is 9.90. The summed E-state index contributed by atoms with van der Waals surface area (Å²) in [6.07, 6.45) is 19.6. The number of ketones is 2. The van der Waals surface area contributed by atoms with Gasteiger partial charge in [-0.05, 0) is 37.0 Å². The molecular formula is C37H72O5. The van der Waals surface area contributed by atoms with Crippen LogP contribution in [0.2, 0.25) is 0 Å². The van der Waals surface area contributed by atoms with E-state index in [4.69, 9.17) is 0 Å². The van der Waals surface area contributed by atoms with Gasteiger partial charge in [0.15, 0.2) is 5.78 Å². The van der Waals surface area contributed by atoms with Crippen LogP contribution < -0.4 is 0 Å². The molecule has 6 unspecified atom stereocenters. The van der Waals surface area contributed by atoms with E-state index in [0.717, 1.165) is 57.8 Å². The summed E-state index contributed by atoms with van der Waals surface area (Å²) in [5.41, 5.74) is -1.40. The summed E-state index contributed by atoms with van der Waals surface area (Å²) >= 11 is 0. The van der Waals surface area contributed by atoms with Gasteiger partial charge < -0.3 is 15.3 Å². The number of carbonyl (C=O) groups is 2. The fourth-order valence-electron chi connectivity index (χ4n) is 7.42. The van der Waals surface area contributed by atoms with Crippen molar-refractivity contribution in [3.63, 3.8) is 0 Å². The molecule has 0 saturated heterocycles. The minimum absolute atomic E-state index is 0.111. The number of hydrogen-bond donors (Lipinski definition) is 3. The summed E-state index contributed by atoms with van der Waals surface area (Å²) in [6.45, 7) is 12.1. The average Bonchev–Trinajstić information content (AvgIpc) is 2.98. The molecule has 0 saturated carbocycles. The van der Waals surface area contributed by atoms with Crippen molar-refractivity contribution in [2.75, 3.05) is 6.61 Å². The molecule has 0 aliphatic rings. The lowest BCUT2D eigenvalue weighted by Gasteiger charge is -2.50. The van der Waals surface area contributed by atoms with Crippen LogP contribution >= 0.6 is 0 Å². The predicted molar refractivity (Wildman–Crippen MR) is 178 cm³/mol. The zero-order valence-corrected chi connectivity index (χ0v) is 28.8. The molecule has 5 heteroatoms. The van der Waals surface area contributed by atoms with E-state index in [2.05, 4.69) is 34.6 Å². The first-order chi connectivity index (χ1) is 20.2. The van der Waals surface area contributed by atoms with Crippen molar-refractivity contribution in [1.29, 1.82) is 0 Å². The third-order valence-corrected chi connectivity index (χ3v) is 9.90. The second kappa shape index (κ2) is 25.5. The van der Waals surface area contributed by atoms with Gasteiger partial charge in [-0.25, -0.2) is 0 Å². The minimum Gasteiger partial charge on any atom is -0.394 e. The molecule has 0 aromatic heterocycles. The Labute approximate surface area is 261 Å². The van der Waals surface area contributed by atoms with E-state index in [0.29, 0.717) is 12.8 Å². The standard InChI is InChI=1S/C37H72O5/c1-7-11-13-15-17-18-20-22-24-28-33(39)35(41)37(31(6)26-10-4,36(42)34(40)29-38)32(30(5)25-9-3)27-23-21-19-16-14-12-8-2/h30-32,34,36,38,40,42H,7-29H2,1-6H3. The number of Topliss-reactive ketones (excluding diaryl/α,β-unsaturated/α-hetero) is 2. The Morgan fingerprint density at radius 2 is 1.05 bits per heavy atom.